The van der Waals surface area contributed by atoms with Crippen molar-refractivity contribution in [1.82, 2.24) is 14.1 Å². The molecule has 1 aliphatic rings. The molecule has 1 amide bonds. The summed E-state index contributed by atoms with van der Waals surface area (Å²) in [5.41, 5.74) is 0.866. The number of anilines is 1. The summed E-state index contributed by atoms with van der Waals surface area (Å²) in [5.74, 6) is -3.66. The summed E-state index contributed by atoms with van der Waals surface area (Å²) in [5, 5.41) is 10.4. The summed E-state index contributed by atoms with van der Waals surface area (Å²) in [6.07, 6.45) is 0.823. The number of benzene rings is 1. The van der Waals surface area contributed by atoms with Crippen LogP contribution >= 0.6 is 11.3 Å². The number of nitrogens with zero attached hydrogens (tertiary/aromatic N) is 3. The van der Waals surface area contributed by atoms with E-state index in [0.717, 1.165) is 15.2 Å². The molecule has 12 heteroatoms. The predicted octanol–water partition coefficient (Wildman–Crippen LogP) is 3.44. The van der Waals surface area contributed by atoms with Crippen LogP contribution in [-0.4, -0.2) is 47.1 Å². The van der Waals surface area contributed by atoms with Gasteiger partial charge >= 0.3 is 0 Å². The highest BCUT2D eigenvalue weighted by molar-refractivity contribution is 7.88. The lowest BCUT2D eigenvalue weighted by atomic mass is 9.85. The van der Waals surface area contributed by atoms with E-state index >= 15 is 4.39 Å². The van der Waals surface area contributed by atoms with Crippen LogP contribution in [0.2, 0.25) is 0 Å². The first-order chi connectivity index (χ1) is 16.1. The molecule has 8 nitrogen and oxygen atoms in total. The molecule has 0 bridgehead atoms. The fraction of sp³-hybridized carbons (Fsp3) is 0.318. The van der Waals surface area contributed by atoms with Gasteiger partial charge in [0.1, 0.15) is 11.5 Å². The van der Waals surface area contributed by atoms with Crippen molar-refractivity contribution < 1.29 is 26.8 Å². The molecule has 2 unspecified atom stereocenters. The normalized spacial score (nSPS) is 18.8. The third-order valence-corrected chi connectivity index (χ3v) is 7.60. The van der Waals surface area contributed by atoms with Gasteiger partial charge in [-0.1, -0.05) is 19.1 Å². The van der Waals surface area contributed by atoms with E-state index < -0.39 is 45.3 Å². The van der Waals surface area contributed by atoms with E-state index in [1.807, 2.05) is 0 Å². The second-order valence-corrected chi connectivity index (χ2v) is 10.9. The highest BCUT2D eigenvalue weighted by atomic mass is 32.2. The van der Waals surface area contributed by atoms with E-state index in [0.29, 0.717) is 11.1 Å². The number of carbonyl (C=O) groups is 2. The number of halogens is 2. The second-order valence-electron chi connectivity index (χ2n) is 8.23. The molecular weight excluding hydrogens is 486 g/mol. The molecule has 0 radical (unpaired) electrons. The summed E-state index contributed by atoms with van der Waals surface area (Å²) in [4.78, 5) is 25.3. The van der Waals surface area contributed by atoms with Crippen LogP contribution in [0, 0.1) is 17.6 Å². The van der Waals surface area contributed by atoms with Crippen molar-refractivity contribution in [3.63, 3.8) is 0 Å². The monoisotopic (exact) mass is 508 g/mol. The Bertz CT molecular complexity index is 1320. The first kappa shape index (κ1) is 24.0. The van der Waals surface area contributed by atoms with Crippen molar-refractivity contribution in [2.45, 2.75) is 25.8 Å². The van der Waals surface area contributed by atoms with Crippen LogP contribution in [0.3, 0.4) is 0 Å². The average molecular weight is 509 g/mol. The number of aromatic nitrogens is 2. The lowest BCUT2D eigenvalue weighted by Crippen LogP contribution is -2.45. The van der Waals surface area contributed by atoms with Gasteiger partial charge in [0.05, 0.1) is 11.8 Å². The van der Waals surface area contributed by atoms with Crippen molar-refractivity contribution >= 4 is 39.0 Å². The third kappa shape index (κ3) is 4.73. The topological polar surface area (TPSA) is 101 Å². The number of hydrogen-bond acceptors (Lipinski definition) is 7. The first-order valence-corrected chi connectivity index (χ1v) is 13.2. The first-order valence-electron chi connectivity index (χ1n) is 10.4. The minimum Gasteiger partial charge on any atom is -0.363 e. The lowest BCUT2D eigenvalue weighted by molar-refractivity contribution is -0.130. The van der Waals surface area contributed by atoms with Crippen molar-refractivity contribution in [3.05, 3.63) is 69.5 Å². The van der Waals surface area contributed by atoms with Crippen LogP contribution in [0.5, 0.6) is 0 Å². The molecule has 2 aromatic heterocycles. The van der Waals surface area contributed by atoms with Crippen LogP contribution in [0.15, 0.2) is 41.1 Å². The molecule has 1 fully saturated rings. The molecule has 3 heterocycles. The molecule has 0 aliphatic carbocycles. The van der Waals surface area contributed by atoms with E-state index in [9.17, 15) is 22.4 Å². The predicted molar refractivity (Wildman–Crippen MR) is 123 cm³/mol. The molecule has 34 heavy (non-hydrogen) atoms. The maximum Gasteiger partial charge on any atom is 0.281 e. The highest BCUT2D eigenvalue weighted by Crippen LogP contribution is 2.36. The zero-order valence-corrected chi connectivity index (χ0v) is 20.0. The number of piperidine rings is 1. The van der Waals surface area contributed by atoms with E-state index in [1.54, 1.807) is 23.8 Å². The highest BCUT2D eigenvalue weighted by Gasteiger charge is 2.40. The van der Waals surface area contributed by atoms with Crippen LogP contribution in [0.4, 0.5) is 14.6 Å². The number of rotatable bonds is 6. The zero-order chi connectivity index (χ0) is 24.6. The Morgan fingerprint density at radius 3 is 2.56 bits per heavy atom. The van der Waals surface area contributed by atoms with Gasteiger partial charge in [-0.15, -0.1) is 0 Å². The minimum absolute atomic E-state index is 0.0907. The number of carbonyl (C=O) groups excluding carboxylic acids is 2. The molecule has 2 atom stereocenters. The van der Waals surface area contributed by atoms with Crippen LogP contribution in [0.25, 0.3) is 0 Å². The maximum absolute atomic E-state index is 15.7. The molecule has 1 saturated heterocycles. The number of amides is 1. The smallest absolute Gasteiger partial charge is 0.281 e. The van der Waals surface area contributed by atoms with Crippen molar-refractivity contribution in [2.24, 2.45) is 5.92 Å². The summed E-state index contributed by atoms with van der Waals surface area (Å²) in [7, 11) is -3.84. The van der Waals surface area contributed by atoms with E-state index in [4.69, 9.17) is 0 Å². The van der Waals surface area contributed by atoms with Gasteiger partial charge in [0.2, 0.25) is 15.9 Å². The van der Waals surface area contributed by atoms with Crippen molar-refractivity contribution in [2.75, 3.05) is 18.1 Å². The van der Waals surface area contributed by atoms with Crippen LogP contribution in [-0.2, 0) is 21.4 Å². The molecule has 3 aromatic rings. The van der Waals surface area contributed by atoms with Gasteiger partial charge in [0, 0.05) is 30.8 Å². The number of thiophene rings is 1. The Hall–Kier alpha value is -3.12. The van der Waals surface area contributed by atoms with Crippen LogP contribution < -0.4 is 5.32 Å². The largest absolute Gasteiger partial charge is 0.363 e. The van der Waals surface area contributed by atoms with Crippen molar-refractivity contribution in [3.8, 4) is 0 Å². The van der Waals surface area contributed by atoms with Gasteiger partial charge in [-0.2, -0.15) is 21.1 Å². The van der Waals surface area contributed by atoms with Crippen molar-refractivity contribution in [1.29, 1.82) is 0 Å². The van der Waals surface area contributed by atoms with E-state index in [1.165, 1.54) is 35.6 Å². The Morgan fingerprint density at radius 2 is 1.94 bits per heavy atom. The maximum atomic E-state index is 15.7. The summed E-state index contributed by atoms with van der Waals surface area (Å²) in [6.45, 7) is 1.54. The van der Waals surface area contributed by atoms with Crippen LogP contribution in [0.1, 0.15) is 40.9 Å². The Balaban J connectivity index is 1.73. The SMILES string of the molecule is CC1CC(=O)N(S(C)(=O)=O)CC1c1nn(C(=O)c2ccsc2)c(NCc2ccc(F)cc2)c1F. The molecular formula is C22H22F2N4O4S2. The molecule has 1 N–H and O–H groups in total. The minimum atomic E-state index is -3.84. The fourth-order valence-electron chi connectivity index (χ4n) is 3.91. The molecule has 0 spiro atoms. The quantitative estimate of drug-likeness (QED) is 0.548. The zero-order valence-electron chi connectivity index (χ0n) is 18.4. The second kappa shape index (κ2) is 9.26. The van der Waals surface area contributed by atoms with Gasteiger partial charge < -0.3 is 5.32 Å². The van der Waals surface area contributed by atoms with Gasteiger partial charge in [0.15, 0.2) is 11.6 Å². The third-order valence-electron chi connectivity index (χ3n) is 5.76. The summed E-state index contributed by atoms with van der Waals surface area (Å²) in [6, 6.07) is 7.19. The molecule has 180 valence electrons. The fourth-order valence-corrected chi connectivity index (χ4v) is 5.41. The summed E-state index contributed by atoms with van der Waals surface area (Å²) >= 11 is 1.30. The molecule has 1 aliphatic heterocycles. The Morgan fingerprint density at radius 1 is 1.24 bits per heavy atom. The lowest BCUT2D eigenvalue weighted by Gasteiger charge is -2.34. The molecule has 1 aromatic carbocycles. The van der Waals surface area contributed by atoms with Gasteiger partial charge in [-0.05, 0) is 35.1 Å². The standard InChI is InChI=1S/C22H22F2N4O4S2/c1-13-9-18(29)27(34(2,31)32)11-17(13)20-19(24)21(25-10-14-3-5-16(23)6-4-14)28(26-20)22(30)15-7-8-33-12-15/h3-8,12-13,17,25H,9-11H2,1-2H3. The Labute approximate surface area is 199 Å². The van der Waals surface area contributed by atoms with Gasteiger partial charge in [0.25, 0.3) is 5.91 Å². The number of sulfonamides is 1. The van der Waals surface area contributed by atoms with E-state index in [2.05, 4.69) is 10.4 Å². The van der Waals surface area contributed by atoms with Gasteiger partial charge in [-0.25, -0.2) is 21.5 Å². The van der Waals surface area contributed by atoms with E-state index in [-0.39, 0.29) is 31.0 Å². The molecule has 4 rings (SSSR count). The Kier molecular flexibility index (Phi) is 6.54. The number of nitrogens with one attached hydrogen (secondary N) is 1. The van der Waals surface area contributed by atoms with Gasteiger partial charge in [-0.3, -0.25) is 9.59 Å². The average Bonchev–Trinajstić information content (AvgIpc) is 3.41. The number of hydrogen-bond donors (Lipinski definition) is 1. The summed E-state index contributed by atoms with van der Waals surface area (Å²) < 4.78 is 54.8. The molecule has 0 saturated carbocycles.